The van der Waals surface area contributed by atoms with Crippen LogP contribution in [-0.4, -0.2) is 21.1 Å². The lowest BCUT2D eigenvalue weighted by atomic mass is 9.66. The van der Waals surface area contributed by atoms with Crippen LogP contribution in [0.25, 0.3) is 16.9 Å². The lowest BCUT2D eigenvalue weighted by molar-refractivity contribution is -0.121. The normalized spacial score (nSPS) is 14.2. The van der Waals surface area contributed by atoms with E-state index in [9.17, 15) is 24.9 Å². The minimum atomic E-state index is -1.20. The SMILES string of the molecule is CC(C)=CCC1=C(O)c2c(occ(-c3ccc(O)c(O)c3)c2=O)C(CC=C(C)C)(CC=C(C)C)C1=O. The molecule has 0 atom stereocenters. The van der Waals surface area contributed by atoms with Crippen molar-refractivity contribution in [1.82, 2.24) is 0 Å². The Labute approximate surface area is 211 Å². The van der Waals surface area contributed by atoms with E-state index in [4.69, 9.17) is 4.42 Å². The molecule has 2 aromatic rings. The molecule has 3 N–H and O–H groups in total. The first-order chi connectivity index (χ1) is 16.9. The van der Waals surface area contributed by atoms with E-state index in [1.165, 1.54) is 24.5 Å². The Hall–Kier alpha value is -3.80. The van der Waals surface area contributed by atoms with Gasteiger partial charge >= 0.3 is 0 Å². The number of carbonyl (C=O) groups is 1. The van der Waals surface area contributed by atoms with E-state index in [-0.39, 0.29) is 51.9 Å². The fourth-order valence-corrected chi connectivity index (χ4v) is 4.28. The molecule has 0 fully saturated rings. The number of aliphatic hydroxyl groups is 1. The second-order valence-corrected chi connectivity index (χ2v) is 10.1. The second-order valence-electron chi connectivity index (χ2n) is 10.1. The maximum Gasteiger partial charge on any atom is 0.203 e. The van der Waals surface area contributed by atoms with Crippen LogP contribution in [-0.2, 0) is 10.2 Å². The predicted octanol–water partition coefficient (Wildman–Crippen LogP) is 6.88. The van der Waals surface area contributed by atoms with Crippen LogP contribution < -0.4 is 5.43 Å². The van der Waals surface area contributed by atoms with Crippen molar-refractivity contribution in [3.05, 3.63) is 86.5 Å². The van der Waals surface area contributed by atoms with Crippen molar-refractivity contribution in [1.29, 1.82) is 0 Å². The topological polar surface area (TPSA) is 108 Å². The zero-order valence-electron chi connectivity index (χ0n) is 21.7. The third kappa shape index (κ3) is 5.08. The van der Waals surface area contributed by atoms with Crippen LogP contribution in [0.2, 0.25) is 0 Å². The summed E-state index contributed by atoms with van der Waals surface area (Å²) in [6, 6.07) is 4.01. The van der Waals surface area contributed by atoms with Crippen LogP contribution in [0.15, 0.2) is 74.2 Å². The molecular formula is C30H34O6. The number of phenols is 2. The van der Waals surface area contributed by atoms with Gasteiger partial charge in [-0.25, -0.2) is 0 Å². The number of aliphatic hydroxyl groups excluding tert-OH is 1. The Morgan fingerprint density at radius 2 is 1.44 bits per heavy atom. The lowest BCUT2D eigenvalue weighted by Gasteiger charge is -2.35. The molecule has 0 aliphatic heterocycles. The first-order valence-electron chi connectivity index (χ1n) is 11.9. The van der Waals surface area contributed by atoms with Crippen molar-refractivity contribution in [3.8, 4) is 22.6 Å². The van der Waals surface area contributed by atoms with Gasteiger partial charge in [-0.15, -0.1) is 0 Å². The number of carbonyl (C=O) groups excluding carboxylic acids is 1. The quantitative estimate of drug-likeness (QED) is 0.288. The van der Waals surface area contributed by atoms with Crippen molar-refractivity contribution in [2.24, 2.45) is 0 Å². The van der Waals surface area contributed by atoms with Gasteiger partial charge < -0.3 is 19.7 Å². The summed E-state index contributed by atoms with van der Waals surface area (Å²) in [7, 11) is 0. The van der Waals surface area contributed by atoms with Gasteiger partial charge in [0.25, 0.3) is 0 Å². The van der Waals surface area contributed by atoms with Crippen LogP contribution in [0, 0.1) is 0 Å². The van der Waals surface area contributed by atoms with Gasteiger partial charge in [-0.05, 0) is 78.5 Å². The highest BCUT2D eigenvalue weighted by Gasteiger charge is 2.49. The third-order valence-electron chi connectivity index (χ3n) is 6.38. The number of benzene rings is 1. The maximum absolute atomic E-state index is 14.1. The van der Waals surface area contributed by atoms with Crippen LogP contribution in [0.5, 0.6) is 11.5 Å². The molecule has 0 saturated heterocycles. The molecule has 3 rings (SSSR count). The minimum absolute atomic E-state index is 0.0406. The molecular weight excluding hydrogens is 456 g/mol. The summed E-state index contributed by atoms with van der Waals surface area (Å²) in [6.07, 6.45) is 7.80. The van der Waals surface area contributed by atoms with Crippen molar-refractivity contribution >= 4 is 11.5 Å². The largest absolute Gasteiger partial charge is 0.507 e. The Morgan fingerprint density at radius 1 is 0.861 bits per heavy atom. The number of rotatable bonds is 7. The molecule has 190 valence electrons. The summed E-state index contributed by atoms with van der Waals surface area (Å²) >= 11 is 0. The zero-order valence-corrected chi connectivity index (χ0v) is 21.7. The Morgan fingerprint density at radius 3 is 1.97 bits per heavy atom. The van der Waals surface area contributed by atoms with Gasteiger partial charge in [0.05, 0.1) is 11.0 Å². The summed E-state index contributed by atoms with van der Waals surface area (Å²) in [5, 5.41) is 30.9. The summed E-state index contributed by atoms with van der Waals surface area (Å²) in [5.41, 5.74) is 1.85. The summed E-state index contributed by atoms with van der Waals surface area (Å²) in [4.78, 5) is 27.9. The zero-order chi connectivity index (χ0) is 26.8. The molecule has 0 spiro atoms. The lowest BCUT2D eigenvalue weighted by Crippen LogP contribution is -2.42. The van der Waals surface area contributed by atoms with Crippen molar-refractivity contribution in [3.63, 3.8) is 0 Å². The number of hydrogen-bond donors (Lipinski definition) is 3. The summed E-state index contributed by atoms with van der Waals surface area (Å²) < 4.78 is 6.05. The number of allylic oxidation sites excluding steroid dienone is 7. The molecule has 1 aliphatic carbocycles. The number of hydrogen-bond acceptors (Lipinski definition) is 6. The highest BCUT2D eigenvalue weighted by molar-refractivity contribution is 6.11. The van der Waals surface area contributed by atoms with Crippen molar-refractivity contribution < 1.29 is 24.5 Å². The van der Waals surface area contributed by atoms with E-state index in [1.807, 2.05) is 59.8 Å². The molecule has 1 aromatic carbocycles. The molecule has 0 saturated carbocycles. The van der Waals surface area contributed by atoms with Gasteiger partial charge in [0.15, 0.2) is 17.3 Å². The van der Waals surface area contributed by atoms with E-state index in [2.05, 4.69) is 0 Å². The van der Waals surface area contributed by atoms with Gasteiger partial charge in [0, 0.05) is 5.57 Å². The fourth-order valence-electron chi connectivity index (χ4n) is 4.28. The Balaban J connectivity index is 2.40. The Bertz CT molecular complexity index is 1350. The van der Waals surface area contributed by atoms with E-state index in [0.29, 0.717) is 18.4 Å². The predicted molar refractivity (Wildman–Crippen MR) is 142 cm³/mol. The molecule has 6 nitrogen and oxygen atoms in total. The van der Waals surface area contributed by atoms with Crippen LogP contribution >= 0.6 is 0 Å². The van der Waals surface area contributed by atoms with Crippen molar-refractivity contribution in [2.75, 3.05) is 0 Å². The van der Waals surface area contributed by atoms with Gasteiger partial charge in [-0.1, -0.05) is 41.0 Å². The number of aromatic hydroxyl groups is 2. The maximum atomic E-state index is 14.1. The van der Waals surface area contributed by atoms with Crippen LogP contribution in [0.1, 0.15) is 72.1 Å². The number of phenolic OH excluding ortho intramolecular Hbond substituents is 2. The monoisotopic (exact) mass is 490 g/mol. The van der Waals surface area contributed by atoms with Gasteiger partial charge in [0.1, 0.15) is 23.3 Å². The molecule has 6 heteroatoms. The smallest absolute Gasteiger partial charge is 0.203 e. The second kappa shape index (κ2) is 10.4. The first-order valence-corrected chi connectivity index (χ1v) is 11.9. The average molecular weight is 491 g/mol. The molecule has 0 amide bonds. The van der Waals surface area contributed by atoms with Gasteiger partial charge in [0.2, 0.25) is 5.43 Å². The molecule has 0 radical (unpaired) electrons. The molecule has 1 heterocycles. The first kappa shape index (κ1) is 26.8. The molecule has 0 bridgehead atoms. The van der Waals surface area contributed by atoms with E-state index < -0.39 is 10.8 Å². The van der Waals surface area contributed by atoms with E-state index in [0.717, 1.165) is 16.7 Å². The third-order valence-corrected chi connectivity index (χ3v) is 6.38. The summed E-state index contributed by atoms with van der Waals surface area (Å²) in [6.45, 7) is 11.6. The summed E-state index contributed by atoms with van der Waals surface area (Å²) in [5.74, 6) is -1.21. The van der Waals surface area contributed by atoms with E-state index in [1.54, 1.807) is 0 Å². The van der Waals surface area contributed by atoms with Crippen LogP contribution in [0.4, 0.5) is 0 Å². The van der Waals surface area contributed by atoms with Gasteiger partial charge in [-0.3, -0.25) is 9.59 Å². The van der Waals surface area contributed by atoms with Gasteiger partial charge in [-0.2, -0.15) is 0 Å². The van der Waals surface area contributed by atoms with Crippen LogP contribution in [0.3, 0.4) is 0 Å². The molecule has 0 unspecified atom stereocenters. The highest BCUT2D eigenvalue weighted by Crippen LogP contribution is 2.46. The average Bonchev–Trinajstić information content (AvgIpc) is 2.80. The minimum Gasteiger partial charge on any atom is -0.507 e. The number of ketones is 1. The van der Waals surface area contributed by atoms with Crippen molar-refractivity contribution in [2.45, 2.75) is 66.2 Å². The Kier molecular flexibility index (Phi) is 7.77. The molecule has 1 aromatic heterocycles. The van der Waals surface area contributed by atoms with E-state index >= 15 is 0 Å². The standard InChI is InChI=1S/C30H34O6/c1-17(2)7-9-21-26(33)25-27(34)22(20-8-10-23(31)24(32)15-20)16-36-29(25)30(28(21)35,13-11-18(3)4)14-12-19(5)6/h7-8,10-12,15-16,31-33H,9,13-14H2,1-6H3. The highest BCUT2D eigenvalue weighted by atomic mass is 16.3. The molecule has 1 aliphatic rings. The molecule has 36 heavy (non-hydrogen) atoms. The fraction of sp³-hybridized carbons (Fsp3) is 0.333. The number of fused-ring (bicyclic) bond motifs is 1. The number of Topliss-reactive ketones (excluding diaryl/α,β-unsaturated/α-hetero) is 1.